The average molecular weight is 375 g/mol. The Morgan fingerprint density at radius 1 is 0.750 bits per heavy atom. The number of nitrogens with zero attached hydrogens (tertiary/aromatic N) is 1. The molecular formula is C22H21N3O3. The van der Waals surface area contributed by atoms with E-state index in [0.717, 1.165) is 5.75 Å². The van der Waals surface area contributed by atoms with Gasteiger partial charge in [-0.2, -0.15) is 0 Å². The van der Waals surface area contributed by atoms with Crippen LogP contribution >= 0.6 is 0 Å². The van der Waals surface area contributed by atoms with Crippen molar-refractivity contribution < 1.29 is 14.3 Å². The first kappa shape index (κ1) is 19.0. The summed E-state index contributed by atoms with van der Waals surface area (Å²) >= 11 is 0. The Kier molecular flexibility index (Phi) is 5.91. The van der Waals surface area contributed by atoms with Crippen LogP contribution in [-0.2, 0) is 0 Å². The summed E-state index contributed by atoms with van der Waals surface area (Å²) in [5.74, 6) is 1.29. The van der Waals surface area contributed by atoms with Crippen LogP contribution in [-0.4, -0.2) is 30.9 Å². The van der Waals surface area contributed by atoms with Gasteiger partial charge in [0.1, 0.15) is 11.5 Å². The van der Waals surface area contributed by atoms with Crippen LogP contribution < -0.4 is 15.4 Å². The minimum atomic E-state index is -0.397. The molecule has 0 aromatic heterocycles. The molecule has 3 aromatic carbocycles. The summed E-state index contributed by atoms with van der Waals surface area (Å²) in [6.07, 6.45) is 0. The molecule has 0 saturated heterocycles. The Hall–Kier alpha value is -3.80. The van der Waals surface area contributed by atoms with Crippen LogP contribution in [0.3, 0.4) is 0 Å². The zero-order valence-electron chi connectivity index (χ0n) is 15.7. The summed E-state index contributed by atoms with van der Waals surface area (Å²) < 4.78 is 5.72. The SMILES string of the molecule is CN(C)C(=O)c1cccc(NC(=O)Nc2ccc(Oc3ccccc3)cc2)c1. The summed E-state index contributed by atoms with van der Waals surface area (Å²) in [6.45, 7) is 0. The van der Waals surface area contributed by atoms with Crippen molar-refractivity contribution in [3.05, 3.63) is 84.4 Å². The molecule has 28 heavy (non-hydrogen) atoms. The maximum atomic E-state index is 12.2. The van der Waals surface area contributed by atoms with Gasteiger partial charge in [-0.3, -0.25) is 4.79 Å². The Labute approximate surface area is 163 Å². The first-order valence-corrected chi connectivity index (χ1v) is 8.74. The van der Waals surface area contributed by atoms with Gasteiger partial charge in [0.05, 0.1) is 0 Å². The lowest BCUT2D eigenvalue weighted by molar-refractivity contribution is 0.0827. The van der Waals surface area contributed by atoms with Crippen LogP contribution in [0.15, 0.2) is 78.9 Å². The molecule has 2 N–H and O–H groups in total. The third-order valence-corrected chi connectivity index (χ3v) is 3.86. The monoisotopic (exact) mass is 375 g/mol. The van der Waals surface area contributed by atoms with Gasteiger partial charge in [-0.15, -0.1) is 0 Å². The fourth-order valence-electron chi connectivity index (χ4n) is 2.51. The molecule has 3 rings (SSSR count). The number of ether oxygens (including phenoxy) is 1. The smallest absolute Gasteiger partial charge is 0.323 e. The summed E-state index contributed by atoms with van der Waals surface area (Å²) in [5.41, 5.74) is 1.66. The molecule has 0 heterocycles. The van der Waals surface area contributed by atoms with Crippen molar-refractivity contribution in [3.8, 4) is 11.5 Å². The number of hydrogen-bond acceptors (Lipinski definition) is 3. The number of para-hydroxylation sites is 1. The van der Waals surface area contributed by atoms with Crippen molar-refractivity contribution >= 4 is 23.3 Å². The summed E-state index contributed by atoms with van der Waals surface area (Å²) in [4.78, 5) is 25.7. The number of hydrogen-bond donors (Lipinski definition) is 2. The van der Waals surface area contributed by atoms with Crippen LogP contribution in [0.25, 0.3) is 0 Å². The molecule has 0 radical (unpaired) electrons. The van der Waals surface area contributed by atoms with Crippen molar-refractivity contribution in [2.24, 2.45) is 0 Å². The predicted octanol–water partition coefficient (Wildman–Crippen LogP) is 4.82. The number of carbonyl (C=O) groups excluding carboxylic acids is 2. The van der Waals surface area contributed by atoms with Crippen LogP contribution in [0.4, 0.5) is 16.2 Å². The molecular weight excluding hydrogens is 354 g/mol. The number of benzene rings is 3. The highest BCUT2D eigenvalue weighted by molar-refractivity contribution is 6.01. The van der Waals surface area contributed by atoms with Crippen LogP contribution in [0, 0.1) is 0 Å². The van der Waals surface area contributed by atoms with Crippen LogP contribution in [0.1, 0.15) is 10.4 Å². The summed E-state index contributed by atoms with van der Waals surface area (Å²) in [7, 11) is 3.36. The number of nitrogens with one attached hydrogen (secondary N) is 2. The van der Waals surface area contributed by atoms with Crippen LogP contribution in [0.5, 0.6) is 11.5 Å². The lowest BCUT2D eigenvalue weighted by Gasteiger charge is -2.12. The minimum absolute atomic E-state index is 0.127. The fourth-order valence-corrected chi connectivity index (χ4v) is 2.51. The second-order valence-electron chi connectivity index (χ2n) is 6.30. The molecule has 0 spiro atoms. The number of rotatable bonds is 5. The molecule has 0 aliphatic heterocycles. The highest BCUT2D eigenvalue weighted by Gasteiger charge is 2.09. The van der Waals surface area contributed by atoms with Gasteiger partial charge >= 0.3 is 6.03 Å². The molecule has 6 heteroatoms. The van der Waals surface area contributed by atoms with E-state index < -0.39 is 6.03 Å². The first-order chi connectivity index (χ1) is 13.5. The maximum absolute atomic E-state index is 12.2. The van der Waals surface area contributed by atoms with Gasteiger partial charge in [-0.05, 0) is 54.6 Å². The number of anilines is 2. The van der Waals surface area contributed by atoms with E-state index in [1.165, 1.54) is 4.90 Å². The van der Waals surface area contributed by atoms with E-state index in [1.807, 2.05) is 30.3 Å². The predicted molar refractivity (Wildman–Crippen MR) is 110 cm³/mol. The molecule has 0 aliphatic rings. The van der Waals surface area contributed by atoms with Gasteiger partial charge < -0.3 is 20.3 Å². The molecule has 0 fully saturated rings. The van der Waals surface area contributed by atoms with E-state index >= 15 is 0 Å². The lowest BCUT2D eigenvalue weighted by Crippen LogP contribution is -2.22. The molecule has 0 saturated carbocycles. The van der Waals surface area contributed by atoms with E-state index in [9.17, 15) is 9.59 Å². The molecule has 0 aliphatic carbocycles. The Morgan fingerprint density at radius 3 is 2.07 bits per heavy atom. The highest BCUT2D eigenvalue weighted by atomic mass is 16.5. The maximum Gasteiger partial charge on any atom is 0.323 e. The molecule has 6 nitrogen and oxygen atoms in total. The molecule has 3 amide bonds. The zero-order chi connectivity index (χ0) is 19.9. The second kappa shape index (κ2) is 8.73. The molecule has 0 unspecified atom stereocenters. The summed E-state index contributed by atoms with van der Waals surface area (Å²) in [5, 5.41) is 5.48. The quantitative estimate of drug-likeness (QED) is 0.671. The van der Waals surface area contributed by atoms with Crippen molar-refractivity contribution in [3.63, 3.8) is 0 Å². The third kappa shape index (κ3) is 5.11. The van der Waals surface area contributed by atoms with Crippen molar-refractivity contribution in [2.45, 2.75) is 0 Å². The van der Waals surface area contributed by atoms with Crippen molar-refractivity contribution in [2.75, 3.05) is 24.7 Å². The van der Waals surface area contributed by atoms with E-state index in [-0.39, 0.29) is 5.91 Å². The van der Waals surface area contributed by atoms with Crippen LogP contribution in [0.2, 0.25) is 0 Å². The first-order valence-electron chi connectivity index (χ1n) is 8.74. The number of urea groups is 1. The number of carbonyl (C=O) groups is 2. The topological polar surface area (TPSA) is 70.7 Å². The molecule has 0 bridgehead atoms. The lowest BCUT2D eigenvalue weighted by atomic mass is 10.2. The van der Waals surface area contributed by atoms with E-state index in [1.54, 1.807) is 62.6 Å². The van der Waals surface area contributed by atoms with Gasteiger partial charge in [0.2, 0.25) is 0 Å². The van der Waals surface area contributed by atoms with Gasteiger partial charge in [0.25, 0.3) is 5.91 Å². The Balaban J connectivity index is 1.59. The minimum Gasteiger partial charge on any atom is -0.457 e. The second-order valence-corrected chi connectivity index (χ2v) is 6.30. The summed E-state index contributed by atoms with van der Waals surface area (Å²) in [6, 6.07) is 22.9. The van der Waals surface area contributed by atoms with Gasteiger partial charge in [-0.25, -0.2) is 4.79 Å². The Morgan fingerprint density at radius 2 is 1.39 bits per heavy atom. The highest BCUT2D eigenvalue weighted by Crippen LogP contribution is 2.22. The largest absolute Gasteiger partial charge is 0.457 e. The van der Waals surface area contributed by atoms with E-state index in [0.29, 0.717) is 22.7 Å². The van der Waals surface area contributed by atoms with E-state index in [4.69, 9.17) is 4.74 Å². The Bertz CT molecular complexity index is 954. The normalized spacial score (nSPS) is 10.1. The van der Waals surface area contributed by atoms with E-state index in [2.05, 4.69) is 10.6 Å². The van der Waals surface area contributed by atoms with Crippen molar-refractivity contribution in [1.82, 2.24) is 4.90 Å². The van der Waals surface area contributed by atoms with Crippen molar-refractivity contribution in [1.29, 1.82) is 0 Å². The van der Waals surface area contributed by atoms with Gasteiger partial charge in [0, 0.05) is 31.0 Å². The molecule has 0 atom stereocenters. The standard InChI is InChI=1S/C22H21N3O3/c1-25(2)21(26)16-7-6-8-18(15-16)24-22(27)23-17-11-13-20(14-12-17)28-19-9-4-3-5-10-19/h3-15H,1-2H3,(H2,23,24,27). The fraction of sp³-hybridized carbons (Fsp3) is 0.0909. The molecule has 142 valence electrons. The zero-order valence-corrected chi connectivity index (χ0v) is 15.7. The average Bonchev–Trinajstić information content (AvgIpc) is 2.70. The third-order valence-electron chi connectivity index (χ3n) is 3.86. The molecule has 3 aromatic rings. The van der Waals surface area contributed by atoms with Gasteiger partial charge in [-0.1, -0.05) is 24.3 Å². The number of amides is 3. The van der Waals surface area contributed by atoms with Gasteiger partial charge in [0.15, 0.2) is 0 Å².